The van der Waals surface area contributed by atoms with Crippen LogP contribution in [0.15, 0.2) is 0 Å². The van der Waals surface area contributed by atoms with E-state index in [4.69, 9.17) is 47.6 Å². The van der Waals surface area contributed by atoms with Gasteiger partial charge in [0.25, 0.3) is 0 Å². The molecule has 0 amide bonds. The van der Waals surface area contributed by atoms with E-state index >= 15 is 0 Å². The van der Waals surface area contributed by atoms with Gasteiger partial charge in [-0.1, -0.05) is 58.8 Å². The second kappa shape index (κ2) is 20.7. The molecule has 1 aliphatic carbocycles. The molecule has 13 N–H and O–H groups in total. The van der Waals surface area contributed by atoms with Crippen LogP contribution in [-0.4, -0.2) is 124 Å². The average molecular weight is 682 g/mol. The summed E-state index contributed by atoms with van der Waals surface area (Å²) in [5.74, 6) is 2.47. The zero-order valence-electron chi connectivity index (χ0n) is 27.4. The molecule has 2 aliphatic heterocycles. The van der Waals surface area contributed by atoms with Crippen molar-refractivity contribution in [3.63, 3.8) is 0 Å². The minimum atomic E-state index is -1.32. The molecule has 0 aromatic carbocycles. The van der Waals surface area contributed by atoms with Crippen molar-refractivity contribution in [2.45, 2.75) is 169 Å². The molecule has 2 heterocycles. The maximum atomic E-state index is 11.5. The molecule has 12 nitrogen and oxygen atoms in total. The van der Waals surface area contributed by atoms with Gasteiger partial charge < -0.3 is 62.9 Å². The molecular formula is C31H63N5O7S2. The lowest BCUT2D eigenvalue weighted by atomic mass is 9.84. The van der Waals surface area contributed by atoms with E-state index in [2.05, 4.69) is 13.8 Å². The lowest BCUT2D eigenvalue weighted by Gasteiger charge is -2.48. The van der Waals surface area contributed by atoms with Gasteiger partial charge >= 0.3 is 0 Å². The Morgan fingerprint density at radius 3 is 1.89 bits per heavy atom. The molecular weight excluding hydrogens is 619 g/mol. The first kappa shape index (κ1) is 39.7. The Morgan fingerprint density at radius 1 is 0.667 bits per heavy atom. The van der Waals surface area contributed by atoms with Crippen LogP contribution < -0.4 is 28.7 Å². The molecule has 0 unspecified atom stereocenters. The first-order chi connectivity index (χ1) is 21.6. The summed E-state index contributed by atoms with van der Waals surface area (Å²) in [6.45, 7) is 4.71. The molecule has 3 aliphatic rings. The van der Waals surface area contributed by atoms with Crippen molar-refractivity contribution in [3.8, 4) is 0 Å². The highest BCUT2D eigenvalue weighted by molar-refractivity contribution is 8.00. The molecule has 266 valence electrons. The zero-order valence-corrected chi connectivity index (χ0v) is 29.0. The fraction of sp³-hybridized carbons (Fsp3) is 1.00. The smallest absolute Gasteiger partial charge is 0.186 e. The number of thioether (sulfide) groups is 2. The van der Waals surface area contributed by atoms with E-state index in [0.717, 1.165) is 30.8 Å². The van der Waals surface area contributed by atoms with Crippen molar-refractivity contribution in [2.24, 2.45) is 28.7 Å². The highest BCUT2D eigenvalue weighted by atomic mass is 32.2. The molecule has 0 bridgehead atoms. The summed E-state index contributed by atoms with van der Waals surface area (Å²) in [5.41, 5.74) is 31.7. The number of hydrogen-bond acceptors (Lipinski definition) is 14. The Bertz CT molecular complexity index is 813. The van der Waals surface area contributed by atoms with E-state index in [1.807, 2.05) is 11.8 Å². The number of hydrogen-bond donors (Lipinski definition) is 8. The molecule has 0 spiro atoms. The topological polar surface area (TPSA) is 228 Å². The normalized spacial score (nSPS) is 40.9. The molecule has 14 atom stereocenters. The predicted molar refractivity (Wildman–Crippen MR) is 182 cm³/mol. The van der Waals surface area contributed by atoms with Crippen molar-refractivity contribution >= 4 is 23.5 Å². The summed E-state index contributed by atoms with van der Waals surface area (Å²) in [6, 6.07) is -2.67. The monoisotopic (exact) mass is 681 g/mol. The van der Waals surface area contributed by atoms with Crippen LogP contribution in [0, 0.1) is 0 Å². The van der Waals surface area contributed by atoms with Gasteiger partial charge in [0.15, 0.2) is 12.6 Å². The summed E-state index contributed by atoms with van der Waals surface area (Å²) < 4.78 is 24.7. The lowest BCUT2D eigenvalue weighted by molar-refractivity contribution is -0.307. The molecule has 2 saturated heterocycles. The van der Waals surface area contributed by atoms with Crippen LogP contribution in [-0.2, 0) is 18.9 Å². The first-order valence-corrected chi connectivity index (χ1v) is 19.4. The van der Waals surface area contributed by atoms with Gasteiger partial charge in [-0.05, 0) is 37.2 Å². The Morgan fingerprint density at radius 2 is 1.24 bits per heavy atom. The van der Waals surface area contributed by atoms with Gasteiger partial charge in [0.2, 0.25) is 0 Å². The second-order valence-corrected chi connectivity index (χ2v) is 15.5. The third-order valence-electron chi connectivity index (χ3n) is 9.22. The van der Waals surface area contributed by atoms with E-state index < -0.39 is 73.4 Å². The van der Waals surface area contributed by atoms with Gasteiger partial charge in [-0.25, -0.2) is 0 Å². The highest BCUT2D eigenvalue weighted by Crippen LogP contribution is 2.34. The number of nitrogens with two attached hydrogens (primary N) is 5. The Labute approximate surface area is 278 Å². The van der Waals surface area contributed by atoms with E-state index in [-0.39, 0.29) is 11.4 Å². The third kappa shape index (κ3) is 11.7. The van der Waals surface area contributed by atoms with E-state index in [0.29, 0.717) is 25.1 Å². The van der Waals surface area contributed by atoms with Crippen LogP contribution >= 0.6 is 23.5 Å². The van der Waals surface area contributed by atoms with E-state index in [1.165, 1.54) is 38.5 Å². The van der Waals surface area contributed by atoms with Crippen LogP contribution in [0.5, 0.6) is 0 Å². The molecule has 1 saturated carbocycles. The molecule has 14 heteroatoms. The van der Waals surface area contributed by atoms with E-state index in [9.17, 15) is 15.3 Å². The average Bonchev–Trinajstić information content (AvgIpc) is 3.02. The van der Waals surface area contributed by atoms with Crippen molar-refractivity contribution < 1.29 is 34.3 Å². The Balaban J connectivity index is 1.57. The fourth-order valence-electron chi connectivity index (χ4n) is 6.34. The van der Waals surface area contributed by atoms with Crippen molar-refractivity contribution in [1.82, 2.24) is 0 Å². The standard InChI is InChI=1S/C31H63N5O7S2/c1-3-5-7-9-11-13-45-23-15-20(35)30(40-21(23)16-32)42-28-18(33)14-19(34)29(27(28)39)43-31-26(38)24(36)25(37)22(41-31)17-44-12-10-8-6-4-2/h18-31,37-39H,3-17,32-36H2,1-2H3/t18-,19+,20+,21+,22+,23+,24-,25+,26+,27-,28+,29-,30+,31+/m0/s1. The molecule has 0 radical (unpaired) electrons. The molecule has 3 fully saturated rings. The van der Waals surface area contributed by atoms with Gasteiger partial charge in [-0.3, -0.25) is 0 Å². The fourth-order valence-corrected chi connectivity index (χ4v) is 8.85. The lowest BCUT2D eigenvalue weighted by Crippen LogP contribution is -2.68. The van der Waals surface area contributed by atoms with Gasteiger partial charge in [-0.15, -0.1) is 0 Å². The minimum absolute atomic E-state index is 0.164. The van der Waals surface area contributed by atoms with Crippen LogP contribution in [0.4, 0.5) is 0 Å². The number of aliphatic hydroxyl groups is 3. The SMILES string of the molecule is CCCCCCCS[C@@H]1C[C@@H](N)[C@@H](O[C@H]2[C@H](O)[C@@H](O[C@H]3O[C@H](CSCCCCCC)[C@@H](O)[C@H](N)[C@H]3O)[C@H](N)C[C@@H]2N)O[C@@H]1CN. The highest BCUT2D eigenvalue weighted by Gasteiger charge is 2.50. The predicted octanol–water partition coefficient (Wildman–Crippen LogP) is 0.737. The molecule has 0 aromatic heterocycles. The number of rotatable bonds is 19. The summed E-state index contributed by atoms with van der Waals surface area (Å²) in [7, 11) is 0. The van der Waals surface area contributed by atoms with Gasteiger partial charge in [0.1, 0.15) is 24.4 Å². The van der Waals surface area contributed by atoms with Crippen LogP contribution in [0.25, 0.3) is 0 Å². The van der Waals surface area contributed by atoms with Gasteiger partial charge in [0.05, 0.1) is 30.4 Å². The van der Waals surface area contributed by atoms with Crippen LogP contribution in [0.1, 0.15) is 84.5 Å². The molecule has 0 aromatic rings. The number of ether oxygens (including phenoxy) is 4. The zero-order chi connectivity index (χ0) is 32.9. The van der Waals surface area contributed by atoms with Crippen molar-refractivity contribution in [2.75, 3.05) is 23.8 Å². The quantitative estimate of drug-likeness (QED) is 0.0880. The Hall–Kier alpha value is 0.220. The second-order valence-electron chi connectivity index (χ2n) is 13.0. The maximum absolute atomic E-state index is 11.5. The summed E-state index contributed by atoms with van der Waals surface area (Å²) in [4.78, 5) is 0. The maximum Gasteiger partial charge on any atom is 0.186 e. The number of unbranched alkanes of at least 4 members (excludes halogenated alkanes) is 7. The minimum Gasteiger partial charge on any atom is -0.389 e. The van der Waals surface area contributed by atoms with E-state index in [1.54, 1.807) is 11.8 Å². The van der Waals surface area contributed by atoms with Crippen LogP contribution in [0.2, 0.25) is 0 Å². The molecule has 3 rings (SSSR count). The summed E-state index contributed by atoms with van der Waals surface area (Å²) >= 11 is 3.52. The van der Waals surface area contributed by atoms with Crippen molar-refractivity contribution in [3.05, 3.63) is 0 Å². The van der Waals surface area contributed by atoms with Gasteiger partial charge in [-0.2, -0.15) is 23.5 Å². The van der Waals surface area contributed by atoms with Crippen LogP contribution in [0.3, 0.4) is 0 Å². The van der Waals surface area contributed by atoms with Crippen molar-refractivity contribution in [1.29, 1.82) is 0 Å². The Kier molecular flexibility index (Phi) is 18.2. The summed E-state index contributed by atoms with van der Waals surface area (Å²) in [6.07, 6.45) is 3.33. The largest absolute Gasteiger partial charge is 0.389 e. The third-order valence-corrected chi connectivity index (χ3v) is 11.8. The summed E-state index contributed by atoms with van der Waals surface area (Å²) in [5, 5.41) is 33.1. The molecule has 45 heavy (non-hydrogen) atoms. The van der Waals surface area contributed by atoms with Gasteiger partial charge in [0, 0.05) is 29.6 Å². The number of aliphatic hydroxyl groups excluding tert-OH is 3. The first-order valence-electron chi connectivity index (χ1n) is 17.2.